The summed E-state index contributed by atoms with van der Waals surface area (Å²) in [7, 11) is 1.57. The zero-order valence-corrected chi connectivity index (χ0v) is 18.6. The Labute approximate surface area is 184 Å². The molecule has 0 radical (unpaired) electrons. The maximum Gasteiger partial charge on any atom is 0.251 e. The summed E-state index contributed by atoms with van der Waals surface area (Å²) in [5.74, 6) is 1.76. The largest absolute Gasteiger partial charge is 0.493 e. The van der Waals surface area contributed by atoms with E-state index in [1.165, 1.54) is 0 Å². The summed E-state index contributed by atoms with van der Waals surface area (Å²) in [5, 5.41) is 2.98. The quantitative estimate of drug-likeness (QED) is 0.622. The molecule has 0 aliphatic carbocycles. The van der Waals surface area contributed by atoms with Gasteiger partial charge in [-0.3, -0.25) is 9.59 Å². The van der Waals surface area contributed by atoms with Gasteiger partial charge >= 0.3 is 0 Å². The molecule has 2 aromatic rings. The van der Waals surface area contributed by atoms with Crippen molar-refractivity contribution in [1.29, 1.82) is 0 Å². The maximum absolute atomic E-state index is 12.7. The highest BCUT2D eigenvalue weighted by atomic mass is 16.5. The molecule has 2 aromatic carbocycles. The van der Waals surface area contributed by atoms with Crippen LogP contribution in [0.5, 0.6) is 11.5 Å². The second-order valence-electron chi connectivity index (χ2n) is 8.27. The Kier molecular flexibility index (Phi) is 7.93. The van der Waals surface area contributed by atoms with E-state index in [-0.39, 0.29) is 11.8 Å². The highest BCUT2D eigenvalue weighted by Gasteiger charge is 2.21. The van der Waals surface area contributed by atoms with E-state index in [0.717, 1.165) is 30.5 Å². The van der Waals surface area contributed by atoms with Crippen molar-refractivity contribution in [2.75, 3.05) is 20.3 Å². The predicted molar refractivity (Wildman–Crippen MR) is 120 cm³/mol. The third-order valence-electron chi connectivity index (χ3n) is 5.47. The summed E-state index contributed by atoms with van der Waals surface area (Å²) in [6, 6.07) is 13.1. The highest BCUT2D eigenvalue weighted by molar-refractivity contribution is 5.94. The van der Waals surface area contributed by atoms with Crippen LogP contribution < -0.4 is 14.8 Å². The molecular weight excluding hydrogens is 392 g/mol. The van der Waals surface area contributed by atoms with Gasteiger partial charge in [-0.2, -0.15) is 0 Å². The van der Waals surface area contributed by atoms with Crippen LogP contribution in [0.4, 0.5) is 0 Å². The number of rotatable bonds is 10. The molecule has 0 unspecified atom stereocenters. The van der Waals surface area contributed by atoms with Crippen LogP contribution in [0.2, 0.25) is 0 Å². The Morgan fingerprint density at radius 1 is 1.13 bits per heavy atom. The number of hydrogen-bond donors (Lipinski definition) is 1. The second-order valence-corrected chi connectivity index (χ2v) is 8.27. The molecule has 1 aliphatic heterocycles. The number of carbonyl (C=O) groups excluding carboxylic acids is 2. The number of amides is 2. The van der Waals surface area contributed by atoms with E-state index in [4.69, 9.17) is 9.47 Å². The number of nitrogens with one attached hydrogen (secondary N) is 1. The molecule has 6 nitrogen and oxygen atoms in total. The predicted octanol–water partition coefficient (Wildman–Crippen LogP) is 4.17. The summed E-state index contributed by atoms with van der Waals surface area (Å²) in [5.41, 5.74) is 2.58. The molecule has 3 rings (SSSR count). The molecular formula is C25H32N2O4. The van der Waals surface area contributed by atoms with E-state index in [1.54, 1.807) is 25.3 Å². The van der Waals surface area contributed by atoms with Gasteiger partial charge in [-0.05, 0) is 48.1 Å². The Morgan fingerprint density at radius 3 is 2.58 bits per heavy atom. The van der Waals surface area contributed by atoms with Gasteiger partial charge in [0.1, 0.15) is 0 Å². The number of methoxy groups -OCH3 is 1. The fourth-order valence-electron chi connectivity index (χ4n) is 3.57. The van der Waals surface area contributed by atoms with E-state index < -0.39 is 0 Å². The Balaban J connectivity index is 1.62. The molecule has 0 saturated carbocycles. The van der Waals surface area contributed by atoms with Crippen LogP contribution in [0.1, 0.15) is 54.6 Å². The van der Waals surface area contributed by atoms with Crippen molar-refractivity contribution in [3.63, 3.8) is 0 Å². The minimum atomic E-state index is -0.181. The SMILES string of the molecule is COc1cc(C(=O)NCc2ccccc2CN2CCCC2=O)ccc1OCCC(C)C. The minimum Gasteiger partial charge on any atom is -0.493 e. The molecule has 1 saturated heterocycles. The summed E-state index contributed by atoms with van der Waals surface area (Å²) in [4.78, 5) is 26.6. The number of ether oxygens (including phenoxy) is 2. The van der Waals surface area contributed by atoms with Crippen molar-refractivity contribution >= 4 is 11.8 Å². The van der Waals surface area contributed by atoms with Crippen LogP contribution in [0.25, 0.3) is 0 Å². The van der Waals surface area contributed by atoms with Crippen LogP contribution in [-0.2, 0) is 17.9 Å². The molecule has 0 bridgehead atoms. The molecule has 1 fully saturated rings. The zero-order valence-electron chi connectivity index (χ0n) is 18.6. The lowest BCUT2D eigenvalue weighted by Gasteiger charge is -2.18. The summed E-state index contributed by atoms with van der Waals surface area (Å²) < 4.78 is 11.2. The van der Waals surface area contributed by atoms with Crippen LogP contribution in [-0.4, -0.2) is 37.0 Å². The van der Waals surface area contributed by atoms with Gasteiger partial charge < -0.3 is 19.7 Å². The summed E-state index contributed by atoms with van der Waals surface area (Å²) >= 11 is 0. The van der Waals surface area contributed by atoms with Crippen molar-refractivity contribution in [3.8, 4) is 11.5 Å². The maximum atomic E-state index is 12.7. The third-order valence-corrected chi connectivity index (χ3v) is 5.47. The van der Waals surface area contributed by atoms with E-state index in [1.807, 2.05) is 29.2 Å². The van der Waals surface area contributed by atoms with Crippen molar-refractivity contribution in [2.45, 2.75) is 46.2 Å². The zero-order chi connectivity index (χ0) is 22.2. The lowest BCUT2D eigenvalue weighted by atomic mass is 10.1. The number of nitrogens with zero attached hydrogens (tertiary/aromatic N) is 1. The average molecular weight is 425 g/mol. The second kappa shape index (κ2) is 10.8. The average Bonchev–Trinajstić information content (AvgIpc) is 3.17. The lowest BCUT2D eigenvalue weighted by molar-refractivity contribution is -0.128. The minimum absolute atomic E-state index is 0.181. The van der Waals surface area contributed by atoms with Gasteiger partial charge in [0.2, 0.25) is 5.91 Å². The number of carbonyl (C=O) groups is 2. The van der Waals surface area contributed by atoms with Gasteiger partial charge in [0, 0.05) is 31.6 Å². The topological polar surface area (TPSA) is 67.9 Å². The molecule has 1 N–H and O–H groups in total. The number of likely N-dealkylation sites (tertiary alicyclic amines) is 1. The molecule has 1 heterocycles. The van der Waals surface area contributed by atoms with Gasteiger partial charge in [-0.15, -0.1) is 0 Å². The Hall–Kier alpha value is -3.02. The Bertz CT molecular complexity index is 910. The van der Waals surface area contributed by atoms with Gasteiger partial charge in [0.25, 0.3) is 5.91 Å². The van der Waals surface area contributed by atoms with E-state index in [2.05, 4.69) is 19.2 Å². The molecule has 0 atom stereocenters. The van der Waals surface area contributed by atoms with Gasteiger partial charge in [-0.25, -0.2) is 0 Å². The van der Waals surface area contributed by atoms with Crippen molar-refractivity contribution in [1.82, 2.24) is 10.2 Å². The molecule has 1 aliphatic rings. The van der Waals surface area contributed by atoms with Crippen LogP contribution >= 0.6 is 0 Å². The number of hydrogen-bond acceptors (Lipinski definition) is 4. The lowest BCUT2D eigenvalue weighted by Crippen LogP contribution is -2.26. The first-order chi connectivity index (χ1) is 15.0. The van der Waals surface area contributed by atoms with E-state index in [0.29, 0.717) is 49.1 Å². The first kappa shape index (κ1) is 22.7. The third kappa shape index (κ3) is 6.23. The van der Waals surface area contributed by atoms with Crippen molar-refractivity contribution in [2.24, 2.45) is 5.92 Å². The van der Waals surface area contributed by atoms with Crippen molar-refractivity contribution in [3.05, 3.63) is 59.2 Å². The Morgan fingerprint density at radius 2 is 1.90 bits per heavy atom. The first-order valence-electron chi connectivity index (χ1n) is 10.9. The van der Waals surface area contributed by atoms with E-state index >= 15 is 0 Å². The highest BCUT2D eigenvalue weighted by Crippen LogP contribution is 2.28. The van der Waals surface area contributed by atoms with Crippen LogP contribution in [0, 0.1) is 5.92 Å². The first-order valence-corrected chi connectivity index (χ1v) is 10.9. The fraction of sp³-hybridized carbons (Fsp3) is 0.440. The molecule has 6 heteroatoms. The summed E-state index contributed by atoms with van der Waals surface area (Å²) in [6.07, 6.45) is 2.49. The fourth-order valence-corrected chi connectivity index (χ4v) is 3.57. The van der Waals surface area contributed by atoms with Gasteiger partial charge in [0.05, 0.1) is 13.7 Å². The smallest absolute Gasteiger partial charge is 0.251 e. The van der Waals surface area contributed by atoms with Gasteiger partial charge in [0.15, 0.2) is 11.5 Å². The summed E-state index contributed by atoms with van der Waals surface area (Å²) in [6.45, 7) is 6.68. The molecule has 2 amide bonds. The van der Waals surface area contributed by atoms with Crippen LogP contribution in [0.15, 0.2) is 42.5 Å². The van der Waals surface area contributed by atoms with Gasteiger partial charge in [-0.1, -0.05) is 38.1 Å². The molecule has 0 aromatic heterocycles. The standard InChI is InChI=1S/C25H32N2O4/c1-18(2)12-14-31-22-11-10-19(15-23(22)30-3)25(29)26-16-20-7-4-5-8-21(20)17-27-13-6-9-24(27)28/h4-5,7-8,10-11,15,18H,6,9,12-14,16-17H2,1-3H3,(H,26,29). The van der Waals surface area contributed by atoms with Crippen LogP contribution in [0.3, 0.4) is 0 Å². The number of benzene rings is 2. The molecule has 0 spiro atoms. The van der Waals surface area contributed by atoms with Crippen molar-refractivity contribution < 1.29 is 19.1 Å². The monoisotopic (exact) mass is 424 g/mol. The molecule has 31 heavy (non-hydrogen) atoms. The van der Waals surface area contributed by atoms with E-state index in [9.17, 15) is 9.59 Å². The normalized spacial score (nSPS) is 13.5. The molecule has 166 valence electrons.